The van der Waals surface area contributed by atoms with Crippen LogP contribution in [0.3, 0.4) is 0 Å². The Hall–Kier alpha value is -0.650. The van der Waals surface area contributed by atoms with Gasteiger partial charge in [0, 0.05) is 32.2 Å². The fourth-order valence-electron chi connectivity index (χ4n) is 2.62. The first-order valence-corrected chi connectivity index (χ1v) is 6.78. The van der Waals surface area contributed by atoms with E-state index >= 15 is 0 Å². The zero-order valence-electron chi connectivity index (χ0n) is 11.2. The second kappa shape index (κ2) is 5.99. The first kappa shape index (κ1) is 13.8. The van der Waals surface area contributed by atoms with Gasteiger partial charge < -0.3 is 19.5 Å². The van der Waals surface area contributed by atoms with Crippen LogP contribution in [0.25, 0.3) is 0 Å². The highest BCUT2D eigenvalue weighted by atomic mass is 16.5. The number of hydrogen-bond donors (Lipinski definition) is 1. The number of carbonyl (C=O) groups is 1. The van der Waals surface area contributed by atoms with Gasteiger partial charge in [0.2, 0.25) is 5.91 Å². The topological polar surface area (TPSA) is 59.0 Å². The maximum atomic E-state index is 12.3. The van der Waals surface area contributed by atoms with Gasteiger partial charge in [0.05, 0.1) is 12.2 Å². The molecule has 0 unspecified atom stereocenters. The van der Waals surface area contributed by atoms with Crippen LogP contribution in [-0.2, 0) is 14.3 Å². The van der Waals surface area contributed by atoms with E-state index in [0.717, 1.165) is 12.8 Å². The van der Waals surface area contributed by atoms with E-state index < -0.39 is 6.10 Å². The number of nitrogens with zero attached hydrogens (tertiary/aromatic N) is 1. The molecule has 0 aromatic rings. The molecule has 5 heteroatoms. The fourth-order valence-corrected chi connectivity index (χ4v) is 2.62. The third-order valence-electron chi connectivity index (χ3n) is 3.57. The fraction of sp³-hybridized carbons (Fsp3) is 0.923. The highest BCUT2D eigenvalue weighted by molar-refractivity contribution is 5.79. The number of rotatable bonds is 3. The highest BCUT2D eigenvalue weighted by Gasteiger charge is 2.37. The zero-order valence-corrected chi connectivity index (χ0v) is 11.2. The summed E-state index contributed by atoms with van der Waals surface area (Å²) in [4.78, 5) is 14.0. The van der Waals surface area contributed by atoms with E-state index in [-0.39, 0.29) is 24.0 Å². The molecule has 0 aliphatic carbocycles. The Morgan fingerprint density at radius 1 is 1.33 bits per heavy atom. The Bertz CT molecular complexity index is 289. The normalized spacial score (nSPS) is 30.1. The largest absolute Gasteiger partial charge is 0.388 e. The lowest BCUT2D eigenvalue weighted by Crippen LogP contribution is -2.38. The van der Waals surface area contributed by atoms with Gasteiger partial charge in [-0.3, -0.25) is 4.79 Å². The molecule has 0 bridgehead atoms. The smallest absolute Gasteiger partial charge is 0.226 e. The Morgan fingerprint density at radius 2 is 2.00 bits per heavy atom. The summed E-state index contributed by atoms with van der Waals surface area (Å²) in [6.45, 7) is 6.12. The summed E-state index contributed by atoms with van der Waals surface area (Å²) in [7, 11) is 0. The third kappa shape index (κ3) is 3.22. The summed E-state index contributed by atoms with van der Waals surface area (Å²) in [5, 5.41) is 9.91. The Morgan fingerprint density at radius 3 is 2.61 bits per heavy atom. The van der Waals surface area contributed by atoms with Crippen molar-refractivity contribution in [3.63, 3.8) is 0 Å². The second-order valence-corrected chi connectivity index (χ2v) is 5.42. The average molecular weight is 257 g/mol. The average Bonchev–Trinajstić information content (AvgIpc) is 2.70. The minimum absolute atomic E-state index is 0.0590. The van der Waals surface area contributed by atoms with E-state index in [9.17, 15) is 9.90 Å². The number of β-amino-alcohol motifs (C(OH)–C–C–N with tert-alkyl or cyclic N) is 1. The van der Waals surface area contributed by atoms with Gasteiger partial charge >= 0.3 is 0 Å². The number of aliphatic hydroxyl groups excluding tert-OH is 1. The Balaban J connectivity index is 1.88. The van der Waals surface area contributed by atoms with Crippen LogP contribution in [0.15, 0.2) is 0 Å². The number of ether oxygens (including phenoxy) is 2. The molecule has 2 aliphatic rings. The monoisotopic (exact) mass is 257 g/mol. The standard InChI is InChI=1S/C13H23NO4/c1-9(2)18-12-8-14(7-11(12)15)13(16)10-3-5-17-6-4-10/h9-12,15H,3-8H2,1-2H3/t11-,12-/m0/s1. The van der Waals surface area contributed by atoms with Crippen LogP contribution in [0.5, 0.6) is 0 Å². The van der Waals surface area contributed by atoms with Crippen LogP contribution in [0.4, 0.5) is 0 Å². The molecule has 2 fully saturated rings. The van der Waals surface area contributed by atoms with Gasteiger partial charge in [-0.2, -0.15) is 0 Å². The van der Waals surface area contributed by atoms with Crippen LogP contribution < -0.4 is 0 Å². The van der Waals surface area contributed by atoms with Crippen LogP contribution in [0.2, 0.25) is 0 Å². The predicted molar refractivity (Wildman–Crippen MR) is 66.1 cm³/mol. The highest BCUT2D eigenvalue weighted by Crippen LogP contribution is 2.22. The van der Waals surface area contributed by atoms with Gasteiger partial charge in [-0.15, -0.1) is 0 Å². The number of hydrogen-bond acceptors (Lipinski definition) is 4. The quantitative estimate of drug-likeness (QED) is 0.795. The molecule has 104 valence electrons. The van der Waals surface area contributed by atoms with Crippen molar-refractivity contribution >= 4 is 5.91 Å². The molecular formula is C13H23NO4. The maximum Gasteiger partial charge on any atom is 0.226 e. The van der Waals surface area contributed by atoms with E-state index in [1.54, 1.807) is 4.90 Å². The predicted octanol–water partition coefficient (Wildman–Crippen LogP) is 0.410. The van der Waals surface area contributed by atoms with Crippen LogP contribution >= 0.6 is 0 Å². The molecule has 0 aromatic heterocycles. The summed E-state index contributed by atoms with van der Waals surface area (Å²) in [6, 6.07) is 0. The molecule has 0 radical (unpaired) electrons. The van der Waals surface area contributed by atoms with Crippen molar-refractivity contribution in [2.75, 3.05) is 26.3 Å². The van der Waals surface area contributed by atoms with E-state index in [1.165, 1.54) is 0 Å². The van der Waals surface area contributed by atoms with Crippen molar-refractivity contribution in [1.29, 1.82) is 0 Å². The summed E-state index contributed by atoms with van der Waals surface area (Å²) in [5.74, 6) is 0.205. The van der Waals surface area contributed by atoms with E-state index in [1.807, 2.05) is 13.8 Å². The van der Waals surface area contributed by atoms with Gasteiger partial charge in [-0.25, -0.2) is 0 Å². The van der Waals surface area contributed by atoms with Crippen LogP contribution in [0, 0.1) is 5.92 Å². The molecule has 0 aromatic carbocycles. The van der Waals surface area contributed by atoms with Crippen LogP contribution in [-0.4, -0.2) is 60.5 Å². The Kier molecular flexibility index (Phi) is 4.59. The molecule has 2 rings (SSSR count). The summed E-state index contributed by atoms with van der Waals surface area (Å²) >= 11 is 0. The second-order valence-electron chi connectivity index (χ2n) is 5.42. The van der Waals surface area contributed by atoms with Gasteiger partial charge in [0.1, 0.15) is 6.10 Å². The van der Waals surface area contributed by atoms with E-state index in [0.29, 0.717) is 26.3 Å². The van der Waals surface area contributed by atoms with Gasteiger partial charge in [0.25, 0.3) is 0 Å². The lowest BCUT2D eigenvalue weighted by molar-refractivity contribution is -0.138. The SMILES string of the molecule is CC(C)O[C@H]1CN(C(=O)C2CCOCC2)C[C@@H]1O. The van der Waals surface area contributed by atoms with Gasteiger partial charge in [-0.05, 0) is 26.7 Å². The minimum Gasteiger partial charge on any atom is -0.388 e. The van der Waals surface area contributed by atoms with E-state index in [2.05, 4.69) is 0 Å². The molecule has 2 aliphatic heterocycles. The van der Waals surface area contributed by atoms with Crippen LogP contribution in [0.1, 0.15) is 26.7 Å². The van der Waals surface area contributed by atoms with E-state index in [4.69, 9.17) is 9.47 Å². The van der Waals surface area contributed by atoms with Gasteiger partial charge in [0.15, 0.2) is 0 Å². The summed E-state index contributed by atoms with van der Waals surface area (Å²) in [5.41, 5.74) is 0. The maximum absolute atomic E-state index is 12.3. The summed E-state index contributed by atoms with van der Waals surface area (Å²) in [6.07, 6.45) is 0.857. The molecule has 0 saturated carbocycles. The zero-order chi connectivity index (χ0) is 13.1. The van der Waals surface area contributed by atoms with Crippen molar-refractivity contribution in [2.24, 2.45) is 5.92 Å². The molecular weight excluding hydrogens is 234 g/mol. The van der Waals surface area contributed by atoms with Crippen molar-refractivity contribution in [3.8, 4) is 0 Å². The van der Waals surface area contributed by atoms with Crippen molar-refractivity contribution in [3.05, 3.63) is 0 Å². The molecule has 2 heterocycles. The van der Waals surface area contributed by atoms with Crippen molar-refractivity contribution in [1.82, 2.24) is 4.90 Å². The molecule has 1 N–H and O–H groups in total. The summed E-state index contributed by atoms with van der Waals surface area (Å²) < 4.78 is 10.9. The molecule has 0 spiro atoms. The molecule has 18 heavy (non-hydrogen) atoms. The molecule has 2 atom stereocenters. The number of amides is 1. The minimum atomic E-state index is -0.559. The Labute approximate surface area is 108 Å². The molecule has 2 saturated heterocycles. The lowest BCUT2D eigenvalue weighted by Gasteiger charge is -2.26. The van der Waals surface area contributed by atoms with Gasteiger partial charge in [-0.1, -0.05) is 0 Å². The van der Waals surface area contributed by atoms with Crippen molar-refractivity contribution < 1.29 is 19.4 Å². The first-order valence-electron chi connectivity index (χ1n) is 6.78. The molecule has 5 nitrogen and oxygen atoms in total. The number of likely N-dealkylation sites (tertiary alicyclic amines) is 1. The number of carbonyl (C=O) groups excluding carboxylic acids is 1. The molecule has 1 amide bonds. The lowest BCUT2D eigenvalue weighted by atomic mass is 9.99. The third-order valence-corrected chi connectivity index (χ3v) is 3.57. The number of aliphatic hydroxyl groups is 1. The van der Waals surface area contributed by atoms with Crippen molar-refractivity contribution in [2.45, 2.75) is 45.0 Å². The first-order chi connectivity index (χ1) is 8.58.